The van der Waals surface area contributed by atoms with Crippen molar-refractivity contribution in [2.24, 2.45) is 5.73 Å². The van der Waals surface area contributed by atoms with Crippen molar-refractivity contribution in [3.8, 4) is 0 Å². The van der Waals surface area contributed by atoms with E-state index in [1.54, 1.807) is 11.3 Å². The van der Waals surface area contributed by atoms with E-state index in [1.165, 1.54) is 4.88 Å². The van der Waals surface area contributed by atoms with Crippen LogP contribution < -0.4 is 10.6 Å². The monoisotopic (exact) mass is 305 g/mol. The van der Waals surface area contributed by atoms with Crippen LogP contribution in [0.3, 0.4) is 0 Å². The fourth-order valence-corrected chi connectivity index (χ4v) is 3.19. The maximum absolute atomic E-state index is 5.86. The highest BCUT2D eigenvalue weighted by atomic mass is 32.1. The number of pyridine rings is 1. The minimum atomic E-state index is 0.410. The second-order valence-electron chi connectivity index (χ2n) is 4.89. The van der Waals surface area contributed by atoms with Crippen LogP contribution in [0, 0.1) is 13.8 Å². The van der Waals surface area contributed by atoms with Crippen LogP contribution in [0.15, 0.2) is 23.6 Å². The number of likely N-dealkylation sites (N-methyl/N-ethyl adjacent to an activating group) is 1. The molecule has 0 unspecified atom stereocenters. The predicted octanol–water partition coefficient (Wildman–Crippen LogP) is 3.07. The normalized spacial score (nSPS) is 10.6. The van der Waals surface area contributed by atoms with Crippen molar-refractivity contribution >= 4 is 34.4 Å². The Bertz CT molecular complexity index is 606. The molecule has 2 aromatic rings. The largest absolute Gasteiger partial charge is 0.389 e. The fourth-order valence-electron chi connectivity index (χ4n) is 2.24. The van der Waals surface area contributed by atoms with Gasteiger partial charge >= 0.3 is 0 Å². The number of thiocarbonyl (C=S) groups is 1. The van der Waals surface area contributed by atoms with Gasteiger partial charge in [0.2, 0.25) is 0 Å². The molecule has 20 heavy (non-hydrogen) atoms. The van der Waals surface area contributed by atoms with Crippen molar-refractivity contribution < 1.29 is 0 Å². The highest BCUT2D eigenvalue weighted by molar-refractivity contribution is 7.80. The summed E-state index contributed by atoms with van der Waals surface area (Å²) >= 11 is 6.96. The third-order valence-corrected chi connectivity index (χ3v) is 4.35. The summed E-state index contributed by atoms with van der Waals surface area (Å²) in [4.78, 5) is 8.53. The topological polar surface area (TPSA) is 42.1 Å². The highest BCUT2D eigenvalue weighted by Gasteiger charge is 2.15. The maximum atomic E-state index is 5.86. The summed E-state index contributed by atoms with van der Waals surface area (Å²) in [5.41, 5.74) is 8.82. The number of hydrogen-bond donors (Lipinski definition) is 1. The summed E-state index contributed by atoms with van der Waals surface area (Å²) in [6.07, 6.45) is 1.000. The molecule has 2 N–H and O–H groups in total. The summed E-state index contributed by atoms with van der Waals surface area (Å²) in [5, 5.41) is 2.10. The van der Waals surface area contributed by atoms with Crippen LogP contribution >= 0.6 is 23.6 Å². The minimum Gasteiger partial charge on any atom is -0.389 e. The van der Waals surface area contributed by atoms with E-state index in [4.69, 9.17) is 18.0 Å². The van der Waals surface area contributed by atoms with Gasteiger partial charge in [0.1, 0.15) is 10.8 Å². The van der Waals surface area contributed by atoms with E-state index < -0.39 is 0 Å². The molecule has 0 atom stereocenters. The zero-order valence-corrected chi connectivity index (χ0v) is 13.6. The number of thiophene rings is 1. The van der Waals surface area contributed by atoms with Gasteiger partial charge in [0, 0.05) is 24.2 Å². The standard InChI is InChI=1S/C15H19N3S2/c1-10-9-11(2)17-15(13(10)14(16)19)18(3)7-6-12-5-4-8-20-12/h4-5,8-9H,6-7H2,1-3H3,(H2,16,19). The van der Waals surface area contributed by atoms with Gasteiger partial charge in [-0.3, -0.25) is 0 Å². The van der Waals surface area contributed by atoms with Crippen molar-refractivity contribution in [3.63, 3.8) is 0 Å². The molecule has 0 bridgehead atoms. The minimum absolute atomic E-state index is 0.410. The molecule has 0 radical (unpaired) electrons. The molecule has 0 aliphatic rings. The van der Waals surface area contributed by atoms with Gasteiger partial charge in [-0.2, -0.15) is 0 Å². The molecule has 2 heterocycles. The molecule has 0 saturated heterocycles. The quantitative estimate of drug-likeness (QED) is 0.862. The summed E-state index contributed by atoms with van der Waals surface area (Å²) in [6.45, 7) is 4.92. The molecule has 3 nitrogen and oxygen atoms in total. The molecule has 2 rings (SSSR count). The van der Waals surface area contributed by atoms with Crippen molar-refractivity contribution in [3.05, 3.63) is 45.3 Å². The summed E-state index contributed by atoms with van der Waals surface area (Å²) in [5.74, 6) is 0.881. The third kappa shape index (κ3) is 3.35. The number of anilines is 1. The Morgan fingerprint density at radius 1 is 1.45 bits per heavy atom. The average molecular weight is 305 g/mol. The molecule has 0 amide bonds. The molecule has 5 heteroatoms. The number of aromatic nitrogens is 1. The Kier molecular flexibility index (Phi) is 4.73. The molecule has 0 aliphatic heterocycles. The van der Waals surface area contributed by atoms with Crippen LogP contribution in [0.5, 0.6) is 0 Å². The molecule has 106 valence electrons. The van der Waals surface area contributed by atoms with Crippen molar-refractivity contribution in [1.82, 2.24) is 4.98 Å². The van der Waals surface area contributed by atoms with Crippen LogP contribution in [0.1, 0.15) is 21.7 Å². The lowest BCUT2D eigenvalue weighted by atomic mass is 10.1. The van der Waals surface area contributed by atoms with Gasteiger partial charge < -0.3 is 10.6 Å². The molecule has 2 aromatic heterocycles. The van der Waals surface area contributed by atoms with E-state index in [-0.39, 0.29) is 0 Å². The van der Waals surface area contributed by atoms with Crippen LogP contribution in [0.25, 0.3) is 0 Å². The first kappa shape index (κ1) is 14.9. The molecular formula is C15H19N3S2. The lowest BCUT2D eigenvalue weighted by Gasteiger charge is -2.22. The van der Waals surface area contributed by atoms with Gasteiger partial charge in [-0.1, -0.05) is 18.3 Å². The molecule has 0 spiro atoms. The fraction of sp³-hybridized carbons (Fsp3) is 0.333. The maximum Gasteiger partial charge on any atom is 0.139 e. The summed E-state index contributed by atoms with van der Waals surface area (Å²) in [7, 11) is 2.04. The van der Waals surface area contributed by atoms with Crippen LogP contribution in [0.2, 0.25) is 0 Å². The summed E-state index contributed by atoms with van der Waals surface area (Å²) in [6, 6.07) is 6.25. The van der Waals surface area contributed by atoms with Crippen LogP contribution in [0.4, 0.5) is 5.82 Å². The van der Waals surface area contributed by atoms with Gasteiger partial charge in [0.15, 0.2) is 0 Å². The molecule has 0 aromatic carbocycles. The van der Waals surface area contributed by atoms with Crippen LogP contribution in [-0.4, -0.2) is 23.6 Å². The van der Waals surface area contributed by atoms with Gasteiger partial charge in [0.25, 0.3) is 0 Å². The number of nitrogens with zero attached hydrogens (tertiary/aromatic N) is 2. The first-order valence-electron chi connectivity index (χ1n) is 6.50. The van der Waals surface area contributed by atoms with E-state index in [0.717, 1.165) is 35.6 Å². The van der Waals surface area contributed by atoms with Crippen molar-refractivity contribution in [2.75, 3.05) is 18.5 Å². The Morgan fingerprint density at radius 2 is 2.20 bits per heavy atom. The van der Waals surface area contributed by atoms with Crippen molar-refractivity contribution in [2.45, 2.75) is 20.3 Å². The van der Waals surface area contributed by atoms with Gasteiger partial charge in [0.05, 0.1) is 5.56 Å². The average Bonchev–Trinajstić information content (AvgIpc) is 2.87. The Balaban J connectivity index is 2.24. The Hall–Kier alpha value is -1.46. The lowest BCUT2D eigenvalue weighted by Crippen LogP contribution is -2.26. The van der Waals surface area contributed by atoms with E-state index in [0.29, 0.717) is 4.99 Å². The molecule has 0 aliphatic carbocycles. The smallest absolute Gasteiger partial charge is 0.139 e. The highest BCUT2D eigenvalue weighted by Crippen LogP contribution is 2.22. The number of hydrogen-bond acceptors (Lipinski definition) is 4. The zero-order valence-electron chi connectivity index (χ0n) is 12.0. The Morgan fingerprint density at radius 3 is 2.80 bits per heavy atom. The number of aryl methyl sites for hydroxylation is 2. The predicted molar refractivity (Wildman–Crippen MR) is 90.9 cm³/mol. The van der Waals surface area contributed by atoms with Gasteiger partial charge in [-0.15, -0.1) is 11.3 Å². The van der Waals surface area contributed by atoms with E-state index in [1.807, 2.05) is 27.0 Å². The van der Waals surface area contributed by atoms with Crippen LogP contribution in [-0.2, 0) is 6.42 Å². The first-order valence-corrected chi connectivity index (χ1v) is 7.79. The molecular weight excluding hydrogens is 286 g/mol. The van der Waals surface area contributed by atoms with E-state index >= 15 is 0 Å². The van der Waals surface area contributed by atoms with Crippen molar-refractivity contribution in [1.29, 1.82) is 0 Å². The lowest BCUT2D eigenvalue weighted by molar-refractivity contribution is 0.862. The Labute approximate surface area is 129 Å². The number of nitrogens with two attached hydrogens (primary N) is 1. The summed E-state index contributed by atoms with van der Waals surface area (Å²) < 4.78 is 0. The van der Waals surface area contributed by atoms with E-state index in [2.05, 4.69) is 27.4 Å². The van der Waals surface area contributed by atoms with E-state index in [9.17, 15) is 0 Å². The molecule has 0 fully saturated rings. The first-order chi connectivity index (χ1) is 9.49. The second-order valence-corrected chi connectivity index (χ2v) is 6.37. The zero-order chi connectivity index (χ0) is 14.7. The van der Waals surface area contributed by atoms with Gasteiger partial charge in [-0.05, 0) is 43.3 Å². The SMILES string of the molecule is Cc1cc(C)c(C(N)=S)c(N(C)CCc2cccs2)n1. The van der Waals surface area contributed by atoms with Gasteiger partial charge in [-0.25, -0.2) is 4.98 Å². The molecule has 0 saturated carbocycles. The second kappa shape index (κ2) is 6.33. The number of rotatable bonds is 5. The third-order valence-electron chi connectivity index (χ3n) is 3.21.